The van der Waals surface area contributed by atoms with E-state index in [1.165, 1.54) is 63.6 Å². The number of aromatic nitrogens is 2. The molecule has 1 N–H and O–H groups in total. The van der Waals surface area contributed by atoms with E-state index < -0.39 is 0 Å². The number of amides is 2. The summed E-state index contributed by atoms with van der Waals surface area (Å²) in [6, 6.07) is 7.04. The van der Waals surface area contributed by atoms with Gasteiger partial charge in [-0.3, -0.25) is 24.5 Å². The summed E-state index contributed by atoms with van der Waals surface area (Å²) in [4.78, 5) is 29.1. The second-order valence-corrected chi connectivity index (χ2v) is 11.0. The first-order valence-electron chi connectivity index (χ1n) is 13.8. The van der Waals surface area contributed by atoms with Gasteiger partial charge in [0.05, 0.1) is 17.1 Å². The highest BCUT2D eigenvalue weighted by molar-refractivity contribution is 6.02. The fraction of sp³-hybridized carbons (Fsp3) is 0.679. The number of carbonyl (C=O) groups is 2. The zero-order valence-electron chi connectivity index (χ0n) is 21.5. The van der Waals surface area contributed by atoms with Crippen molar-refractivity contribution >= 4 is 28.4 Å². The molecule has 2 amide bonds. The smallest absolute Gasteiger partial charge is 0.235 e. The number of piperidine rings is 1. The number of aryl methyl sites for hydroxylation is 1. The highest BCUT2D eigenvalue weighted by Gasteiger charge is 2.32. The number of imide groups is 1. The van der Waals surface area contributed by atoms with Crippen molar-refractivity contribution < 1.29 is 9.59 Å². The lowest BCUT2D eigenvalue weighted by atomic mass is 9.86. The van der Waals surface area contributed by atoms with Crippen LogP contribution in [0.5, 0.6) is 0 Å². The fourth-order valence-electron chi connectivity index (χ4n) is 6.47. The summed E-state index contributed by atoms with van der Waals surface area (Å²) in [6.07, 6.45) is 12.3. The zero-order valence-corrected chi connectivity index (χ0v) is 21.5. The Kier molecular flexibility index (Phi) is 7.42. The predicted octanol–water partition coefficient (Wildman–Crippen LogP) is 4.35. The van der Waals surface area contributed by atoms with Crippen LogP contribution in [0.15, 0.2) is 18.2 Å². The first-order chi connectivity index (χ1) is 17.0. The number of nitrogens with zero attached hydrogens (tertiary/aromatic N) is 4. The summed E-state index contributed by atoms with van der Waals surface area (Å²) in [5.41, 5.74) is 3.05. The van der Waals surface area contributed by atoms with Gasteiger partial charge in [-0.25, -0.2) is 0 Å². The van der Waals surface area contributed by atoms with Crippen LogP contribution in [0.1, 0.15) is 82.7 Å². The van der Waals surface area contributed by atoms with Crippen LogP contribution in [0, 0.1) is 5.92 Å². The zero-order chi connectivity index (χ0) is 24.4. The third-order valence-electron chi connectivity index (χ3n) is 8.60. The number of unbranched alkanes of at least 4 members (excludes halogenated alkanes) is 1. The molecule has 35 heavy (non-hydrogen) atoms. The molecule has 7 nitrogen and oxygen atoms in total. The Balaban J connectivity index is 1.18. The summed E-state index contributed by atoms with van der Waals surface area (Å²) in [5, 5.41) is 8.17. The number of nitrogens with one attached hydrogen (secondary N) is 1. The average molecular weight is 480 g/mol. The molecule has 2 saturated heterocycles. The Labute approximate surface area is 209 Å². The average Bonchev–Trinajstić information content (AvgIpc) is 3.18. The molecule has 2 aliphatic heterocycles. The minimum atomic E-state index is -0.357. The summed E-state index contributed by atoms with van der Waals surface area (Å²) >= 11 is 0. The van der Waals surface area contributed by atoms with Crippen molar-refractivity contribution in [3.63, 3.8) is 0 Å². The van der Waals surface area contributed by atoms with E-state index in [0.29, 0.717) is 18.9 Å². The van der Waals surface area contributed by atoms with Gasteiger partial charge in [0.1, 0.15) is 0 Å². The molecule has 190 valence electrons. The van der Waals surface area contributed by atoms with Crippen molar-refractivity contribution in [3.8, 4) is 0 Å². The second kappa shape index (κ2) is 10.7. The summed E-state index contributed by atoms with van der Waals surface area (Å²) in [6.45, 7) is 6.76. The second-order valence-electron chi connectivity index (χ2n) is 11.0. The van der Waals surface area contributed by atoms with Crippen LogP contribution in [0.4, 0.5) is 5.69 Å². The van der Waals surface area contributed by atoms with Crippen molar-refractivity contribution in [1.29, 1.82) is 0 Å². The molecule has 1 aromatic heterocycles. The molecule has 1 aromatic carbocycles. The van der Waals surface area contributed by atoms with Crippen molar-refractivity contribution in [1.82, 2.24) is 20.0 Å². The number of carbonyl (C=O) groups excluding carboxylic acids is 2. The van der Waals surface area contributed by atoms with Gasteiger partial charge >= 0.3 is 0 Å². The van der Waals surface area contributed by atoms with E-state index in [1.807, 2.05) is 11.7 Å². The fourth-order valence-corrected chi connectivity index (χ4v) is 6.47. The Morgan fingerprint density at radius 1 is 1.06 bits per heavy atom. The van der Waals surface area contributed by atoms with E-state index in [-0.39, 0.29) is 17.7 Å². The van der Waals surface area contributed by atoms with Gasteiger partial charge in [-0.1, -0.05) is 44.9 Å². The molecule has 0 radical (unpaired) electrons. The number of rotatable bonds is 7. The minimum Gasteiger partial charge on any atom is -0.369 e. The van der Waals surface area contributed by atoms with Crippen molar-refractivity contribution in [2.24, 2.45) is 13.0 Å². The van der Waals surface area contributed by atoms with Gasteiger partial charge in [0.2, 0.25) is 11.8 Å². The Morgan fingerprint density at radius 3 is 2.66 bits per heavy atom. The maximum atomic E-state index is 12.4. The van der Waals surface area contributed by atoms with Gasteiger partial charge in [-0.2, -0.15) is 5.10 Å². The maximum Gasteiger partial charge on any atom is 0.235 e. The quantitative estimate of drug-likeness (QED) is 0.472. The highest BCUT2D eigenvalue weighted by atomic mass is 16.2. The van der Waals surface area contributed by atoms with Crippen LogP contribution in [0.2, 0.25) is 0 Å². The van der Waals surface area contributed by atoms with Gasteiger partial charge in [0.15, 0.2) is 0 Å². The van der Waals surface area contributed by atoms with Gasteiger partial charge in [0.25, 0.3) is 0 Å². The molecule has 3 aliphatic rings. The number of piperazine rings is 1. The lowest BCUT2D eigenvalue weighted by Gasteiger charge is -2.41. The molecule has 1 saturated carbocycles. The van der Waals surface area contributed by atoms with E-state index in [0.717, 1.165) is 42.1 Å². The molecule has 0 spiro atoms. The number of benzene rings is 1. The van der Waals surface area contributed by atoms with Crippen LogP contribution in [0.3, 0.4) is 0 Å². The van der Waals surface area contributed by atoms with E-state index in [4.69, 9.17) is 5.10 Å². The third-order valence-corrected chi connectivity index (χ3v) is 8.60. The van der Waals surface area contributed by atoms with Gasteiger partial charge in [-0.05, 0) is 50.4 Å². The molecule has 2 aromatic rings. The molecule has 3 fully saturated rings. The van der Waals surface area contributed by atoms with Gasteiger partial charge < -0.3 is 4.90 Å². The minimum absolute atomic E-state index is 0.189. The van der Waals surface area contributed by atoms with Crippen LogP contribution in [0.25, 0.3) is 10.9 Å². The van der Waals surface area contributed by atoms with E-state index in [1.54, 1.807) is 0 Å². The molecule has 7 heteroatoms. The molecule has 5 rings (SSSR count). The van der Waals surface area contributed by atoms with Crippen molar-refractivity contribution in [2.45, 2.75) is 83.1 Å². The SMILES string of the molecule is C[C@H]1CN(c2ccc3c(C4CCC(=O)NC4=O)nn(C)c3c2)CCN1CCCCC1CCCCC1. The molecule has 1 unspecified atom stereocenters. The van der Waals surface area contributed by atoms with Crippen LogP contribution < -0.4 is 10.2 Å². The molecule has 3 heterocycles. The Hall–Kier alpha value is -2.41. The van der Waals surface area contributed by atoms with E-state index in [2.05, 4.69) is 40.2 Å². The largest absolute Gasteiger partial charge is 0.369 e. The summed E-state index contributed by atoms with van der Waals surface area (Å²) in [5.74, 6) is 0.222. The van der Waals surface area contributed by atoms with E-state index >= 15 is 0 Å². The predicted molar refractivity (Wildman–Crippen MR) is 140 cm³/mol. The van der Waals surface area contributed by atoms with Crippen LogP contribution >= 0.6 is 0 Å². The normalized spacial score (nSPS) is 24.8. The topological polar surface area (TPSA) is 70.5 Å². The standard InChI is InChI=1S/C28H41N5O2/c1-20-19-33(17-16-32(20)15-7-6-10-21-8-4-3-5-9-21)22-11-12-23-25(18-22)31(2)30-27(23)24-13-14-26(34)29-28(24)35/h11-12,18,20-21,24H,3-10,13-17,19H2,1-2H3,(H,29,34,35)/t20-,24?/m0/s1. The first kappa shape index (κ1) is 24.3. The van der Waals surface area contributed by atoms with Gasteiger partial charge in [0, 0.05) is 50.2 Å². The molecule has 1 aliphatic carbocycles. The highest BCUT2D eigenvalue weighted by Crippen LogP contribution is 2.33. The molecular weight excluding hydrogens is 438 g/mol. The summed E-state index contributed by atoms with van der Waals surface area (Å²) in [7, 11) is 1.94. The number of hydrogen-bond acceptors (Lipinski definition) is 5. The third kappa shape index (κ3) is 5.40. The maximum absolute atomic E-state index is 12.4. The number of anilines is 1. The van der Waals surface area contributed by atoms with Crippen LogP contribution in [-0.2, 0) is 16.6 Å². The van der Waals surface area contributed by atoms with Gasteiger partial charge in [-0.15, -0.1) is 0 Å². The Morgan fingerprint density at radius 2 is 1.89 bits per heavy atom. The monoisotopic (exact) mass is 479 g/mol. The Bertz CT molecular complexity index is 1060. The lowest BCUT2D eigenvalue weighted by molar-refractivity contribution is -0.134. The first-order valence-corrected chi connectivity index (χ1v) is 13.8. The molecule has 2 atom stereocenters. The number of hydrogen-bond donors (Lipinski definition) is 1. The van der Waals surface area contributed by atoms with Crippen molar-refractivity contribution in [3.05, 3.63) is 23.9 Å². The lowest BCUT2D eigenvalue weighted by Crippen LogP contribution is -2.52. The summed E-state index contributed by atoms with van der Waals surface area (Å²) < 4.78 is 1.88. The molecule has 0 bridgehead atoms. The molecular formula is C28H41N5O2. The van der Waals surface area contributed by atoms with Crippen LogP contribution in [-0.4, -0.2) is 58.7 Å². The van der Waals surface area contributed by atoms with E-state index in [9.17, 15) is 9.59 Å². The van der Waals surface area contributed by atoms with Crippen molar-refractivity contribution in [2.75, 3.05) is 31.1 Å². The number of fused-ring (bicyclic) bond motifs is 1.